The summed E-state index contributed by atoms with van der Waals surface area (Å²) in [5.74, 6) is -0.105. The first-order chi connectivity index (χ1) is 8.13. The van der Waals surface area contributed by atoms with Crippen LogP contribution in [0.3, 0.4) is 0 Å². The highest BCUT2D eigenvalue weighted by Gasteiger charge is 2.13. The molecule has 0 saturated carbocycles. The van der Waals surface area contributed by atoms with Gasteiger partial charge in [-0.2, -0.15) is 0 Å². The molecule has 0 saturated heterocycles. The molecule has 4 nitrogen and oxygen atoms in total. The van der Waals surface area contributed by atoms with Crippen molar-refractivity contribution in [2.45, 2.75) is 13.3 Å². The Labute approximate surface area is 107 Å². The first-order valence-electron chi connectivity index (χ1n) is 5.19. The van der Waals surface area contributed by atoms with E-state index >= 15 is 0 Å². The van der Waals surface area contributed by atoms with Crippen molar-refractivity contribution in [3.63, 3.8) is 0 Å². The van der Waals surface area contributed by atoms with Crippen LogP contribution < -0.4 is 0 Å². The van der Waals surface area contributed by atoms with Crippen LogP contribution in [0.4, 0.5) is 0 Å². The fourth-order valence-corrected chi connectivity index (χ4v) is 2.07. The van der Waals surface area contributed by atoms with Gasteiger partial charge in [-0.05, 0) is 18.2 Å². The van der Waals surface area contributed by atoms with Crippen molar-refractivity contribution in [2.24, 2.45) is 0 Å². The van der Waals surface area contributed by atoms with Crippen molar-refractivity contribution < 1.29 is 9.90 Å². The normalized spacial score (nSPS) is 10.5. The molecule has 0 radical (unpaired) electrons. The van der Waals surface area contributed by atoms with Crippen LogP contribution in [0.25, 0.3) is 5.69 Å². The first kappa shape index (κ1) is 11.9. The third-order valence-corrected chi connectivity index (χ3v) is 2.98. The fourth-order valence-electron chi connectivity index (χ4n) is 1.70. The lowest BCUT2D eigenvalue weighted by molar-refractivity contribution is 0.0697. The summed E-state index contributed by atoms with van der Waals surface area (Å²) in [6, 6.07) is 5.19. The molecule has 1 N–H and O–H groups in total. The van der Waals surface area contributed by atoms with Crippen LogP contribution in [0.5, 0.6) is 0 Å². The second-order valence-electron chi connectivity index (χ2n) is 3.53. The molecule has 0 bridgehead atoms. The molecule has 1 aromatic carbocycles. The highest BCUT2D eigenvalue weighted by Crippen LogP contribution is 2.21. The quantitative estimate of drug-likeness (QED) is 0.947. The lowest BCUT2D eigenvalue weighted by atomic mass is 10.1. The summed E-state index contributed by atoms with van der Waals surface area (Å²) in [7, 11) is 0. The van der Waals surface area contributed by atoms with E-state index in [-0.39, 0.29) is 5.56 Å². The van der Waals surface area contributed by atoms with Gasteiger partial charge in [0.15, 0.2) is 0 Å². The van der Waals surface area contributed by atoms with E-state index < -0.39 is 5.97 Å². The summed E-state index contributed by atoms with van der Waals surface area (Å²) in [5.41, 5.74) is 0.891. The molecule has 2 rings (SSSR count). The third kappa shape index (κ3) is 2.24. The average molecular weight is 295 g/mol. The van der Waals surface area contributed by atoms with Crippen molar-refractivity contribution >= 4 is 21.9 Å². The first-order valence-corrected chi connectivity index (χ1v) is 5.98. The molecular weight excluding hydrogens is 284 g/mol. The van der Waals surface area contributed by atoms with Crippen molar-refractivity contribution in [1.29, 1.82) is 0 Å². The number of carboxylic acid groups (broad SMARTS) is 1. The molecule has 2 aromatic rings. The van der Waals surface area contributed by atoms with E-state index in [1.54, 1.807) is 29.1 Å². The van der Waals surface area contributed by atoms with Gasteiger partial charge in [-0.15, -0.1) is 0 Å². The molecule has 0 aliphatic rings. The van der Waals surface area contributed by atoms with Gasteiger partial charge >= 0.3 is 5.97 Å². The second-order valence-corrected chi connectivity index (χ2v) is 4.45. The Bertz CT molecular complexity index is 563. The van der Waals surface area contributed by atoms with Crippen molar-refractivity contribution in [2.75, 3.05) is 0 Å². The number of imidazole rings is 1. The summed E-state index contributed by atoms with van der Waals surface area (Å²) in [4.78, 5) is 15.4. The molecule has 0 unspecified atom stereocenters. The van der Waals surface area contributed by atoms with Crippen LogP contribution in [0, 0.1) is 0 Å². The largest absolute Gasteiger partial charge is 0.478 e. The maximum atomic E-state index is 11.2. The SMILES string of the molecule is CCc1nccn1-c1ccc(Br)cc1C(=O)O. The highest BCUT2D eigenvalue weighted by molar-refractivity contribution is 9.10. The number of aromatic carboxylic acids is 1. The van der Waals surface area contributed by atoms with Crippen LogP contribution >= 0.6 is 15.9 Å². The van der Waals surface area contributed by atoms with Gasteiger partial charge in [-0.25, -0.2) is 9.78 Å². The van der Waals surface area contributed by atoms with Gasteiger partial charge in [0.25, 0.3) is 0 Å². The lowest BCUT2D eigenvalue weighted by Gasteiger charge is -2.10. The predicted molar refractivity (Wildman–Crippen MR) is 67.6 cm³/mol. The van der Waals surface area contributed by atoms with Crippen LogP contribution in [-0.2, 0) is 6.42 Å². The molecule has 88 valence electrons. The second kappa shape index (κ2) is 4.71. The topological polar surface area (TPSA) is 55.1 Å². The summed E-state index contributed by atoms with van der Waals surface area (Å²) in [6.07, 6.45) is 4.20. The van der Waals surface area contributed by atoms with E-state index in [4.69, 9.17) is 0 Å². The Morgan fingerprint density at radius 2 is 2.29 bits per heavy atom. The van der Waals surface area contributed by atoms with Gasteiger partial charge in [0.2, 0.25) is 0 Å². The maximum absolute atomic E-state index is 11.2. The molecule has 5 heteroatoms. The van der Waals surface area contributed by atoms with Gasteiger partial charge < -0.3 is 9.67 Å². The Hall–Kier alpha value is -1.62. The zero-order valence-electron chi connectivity index (χ0n) is 9.22. The number of hydrogen-bond donors (Lipinski definition) is 1. The van der Waals surface area contributed by atoms with Gasteiger partial charge in [0.05, 0.1) is 11.3 Å². The van der Waals surface area contributed by atoms with E-state index in [9.17, 15) is 9.90 Å². The van der Waals surface area contributed by atoms with Crippen molar-refractivity contribution in [3.8, 4) is 5.69 Å². The fraction of sp³-hybridized carbons (Fsp3) is 0.167. The molecule has 1 aromatic heterocycles. The van der Waals surface area contributed by atoms with Crippen molar-refractivity contribution in [3.05, 3.63) is 46.5 Å². The van der Waals surface area contributed by atoms with E-state index in [1.165, 1.54) is 0 Å². The molecule has 0 fully saturated rings. The number of aryl methyl sites for hydroxylation is 1. The number of nitrogens with zero attached hydrogens (tertiary/aromatic N) is 2. The minimum Gasteiger partial charge on any atom is -0.478 e. The number of rotatable bonds is 3. The molecular formula is C12H11BrN2O2. The van der Waals surface area contributed by atoms with E-state index in [2.05, 4.69) is 20.9 Å². The van der Waals surface area contributed by atoms with Crippen molar-refractivity contribution in [1.82, 2.24) is 9.55 Å². The number of halogens is 1. The zero-order valence-corrected chi connectivity index (χ0v) is 10.8. The molecule has 0 aliphatic heterocycles. The Balaban J connectivity index is 2.63. The third-order valence-electron chi connectivity index (χ3n) is 2.48. The minimum atomic E-state index is -0.947. The van der Waals surface area contributed by atoms with Crippen LogP contribution in [-0.4, -0.2) is 20.6 Å². The maximum Gasteiger partial charge on any atom is 0.337 e. The Kier molecular flexibility index (Phi) is 3.28. The van der Waals surface area contributed by atoms with Crippen LogP contribution in [0.15, 0.2) is 35.1 Å². The van der Waals surface area contributed by atoms with E-state index in [0.29, 0.717) is 5.69 Å². The summed E-state index contributed by atoms with van der Waals surface area (Å²) < 4.78 is 2.55. The molecule has 0 aliphatic carbocycles. The zero-order chi connectivity index (χ0) is 12.4. The minimum absolute atomic E-state index is 0.257. The molecule has 0 amide bonds. The van der Waals surface area contributed by atoms with Gasteiger partial charge in [-0.1, -0.05) is 22.9 Å². The molecule has 0 spiro atoms. The summed E-state index contributed by atoms with van der Waals surface area (Å²) in [5, 5.41) is 9.20. The monoisotopic (exact) mass is 294 g/mol. The number of carbonyl (C=O) groups is 1. The van der Waals surface area contributed by atoms with E-state index in [0.717, 1.165) is 16.7 Å². The smallest absolute Gasteiger partial charge is 0.337 e. The van der Waals surface area contributed by atoms with Gasteiger partial charge in [-0.3, -0.25) is 0 Å². The number of benzene rings is 1. The summed E-state index contributed by atoms with van der Waals surface area (Å²) in [6.45, 7) is 1.98. The lowest BCUT2D eigenvalue weighted by Crippen LogP contribution is -2.07. The van der Waals surface area contributed by atoms with Crippen LogP contribution in [0.2, 0.25) is 0 Å². The molecule has 0 atom stereocenters. The Morgan fingerprint density at radius 1 is 1.53 bits per heavy atom. The van der Waals surface area contributed by atoms with Gasteiger partial charge in [0, 0.05) is 23.3 Å². The van der Waals surface area contributed by atoms with Gasteiger partial charge in [0.1, 0.15) is 5.82 Å². The van der Waals surface area contributed by atoms with Crippen LogP contribution in [0.1, 0.15) is 23.1 Å². The number of aromatic nitrogens is 2. The highest BCUT2D eigenvalue weighted by atomic mass is 79.9. The average Bonchev–Trinajstić information content (AvgIpc) is 2.76. The number of carboxylic acids is 1. The molecule has 17 heavy (non-hydrogen) atoms. The summed E-state index contributed by atoms with van der Waals surface area (Å²) >= 11 is 3.28. The standard InChI is InChI=1S/C12H11BrN2O2/c1-2-11-14-5-6-15(11)10-4-3-8(13)7-9(10)12(16)17/h3-7H,2H2,1H3,(H,16,17). The number of hydrogen-bond acceptors (Lipinski definition) is 2. The molecule has 1 heterocycles. The van der Waals surface area contributed by atoms with E-state index in [1.807, 2.05) is 13.0 Å². The predicted octanol–water partition coefficient (Wildman–Crippen LogP) is 2.90. The Morgan fingerprint density at radius 3 is 2.94 bits per heavy atom.